The summed E-state index contributed by atoms with van der Waals surface area (Å²) in [5.74, 6) is 0.545. The van der Waals surface area contributed by atoms with E-state index in [2.05, 4.69) is 10.5 Å². The van der Waals surface area contributed by atoms with Crippen LogP contribution in [-0.4, -0.2) is 23.2 Å². The van der Waals surface area contributed by atoms with Crippen LogP contribution in [0, 0.1) is 0 Å². The van der Waals surface area contributed by atoms with Gasteiger partial charge in [0.2, 0.25) is 0 Å². The fourth-order valence-corrected chi connectivity index (χ4v) is 2.02. The van der Waals surface area contributed by atoms with Crippen LogP contribution in [0.5, 0.6) is 0 Å². The minimum atomic E-state index is -0.608. The number of thioether (sulfide) groups is 1. The molecule has 1 fully saturated rings. The average Bonchev–Trinajstić information content (AvgIpc) is 2.74. The number of nitrogens with one attached hydrogen (secondary N) is 1. The van der Waals surface area contributed by atoms with E-state index in [0.717, 1.165) is 0 Å². The van der Waals surface area contributed by atoms with Crippen molar-refractivity contribution in [2.75, 3.05) is 11.3 Å². The van der Waals surface area contributed by atoms with Crippen molar-refractivity contribution in [1.29, 1.82) is 0 Å². The van der Waals surface area contributed by atoms with Gasteiger partial charge < -0.3 is 4.74 Å². The molecule has 1 saturated heterocycles. The summed E-state index contributed by atoms with van der Waals surface area (Å²) in [5.41, 5.74) is 0.668. The molecule has 90 valence electrons. The van der Waals surface area contributed by atoms with Crippen LogP contribution < -0.4 is 5.32 Å². The highest BCUT2D eigenvalue weighted by atomic mass is 32.2. The van der Waals surface area contributed by atoms with Crippen molar-refractivity contribution in [3.8, 4) is 0 Å². The normalized spacial score (nSPS) is 21.5. The number of benzene rings is 1. The van der Waals surface area contributed by atoms with Crippen LogP contribution in [0.2, 0.25) is 0 Å². The van der Waals surface area contributed by atoms with E-state index in [-0.39, 0.29) is 6.10 Å². The lowest BCUT2D eigenvalue weighted by molar-refractivity contribution is 0.153. The van der Waals surface area contributed by atoms with Crippen LogP contribution >= 0.6 is 11.8 Å². The van der Waals surface area contributed by atoms with Gasteiger partial charge in [0.25, 0.3) is 0 Å². The van der Waals surface area contributed by atoms with Gasteiger partial charge in [0, 0.05) is 5.69 Å². The van der Waals surface area contributed by atoms with Gasteiger partial charge >= 0.3 is 6.09 Å². The summed E-state index contributed by atoms with van der Waals surface area (Å²) in [6, 6.07) is 9.05. The standard InChI is InChI=1S/C11H12N2O3S/c1-8-10(17-7-15-8)13-16-11(14)12-9-5-3-2-4-6-9/h2-6,8H,7H2,1H3,(H,12,14)/b13-10-. The van der Waals surface area contributed by atoms with Crippen LogP contribution in [0.4, 0.5) is 10.5 Å². The molecular formula is C11H12N2O3S. The number of anilines is 1. The second-order valence-corrected chi connectivity index (χ2v) is 4.31. The minimum absolute atomic E-state index is 0.107. The van der Waals surface area contributed by atoms with E-state index in [0.29, 0.717) is 16.7 Å². The van der Waals surface area contributed by atoms with E-state index in [1.807, 2.05) is 25.1 Å². The Kier molecular flexibility index (Phi) is 4.00. The molecule has 1 aromatic carbocycles. The molecule has 1 unspecified atom stereocenters. The third-order valence-corrected chi connectivity index (χ3v) is 3.07. The second-order valence-electron chi connectivity index (χ2n) is 3.37. The van der Waals surface area contributed by atoms with E-state index >= 15 is 0 Å². The van der Waals surface area contributed by atoms with Crippen LogP contribution in [0.1, 0.15) is 6.92 Å². The number of hydrogen-bond donors (Lipinski definition) is 1. The number of carbonyl (C=O) groups is 1. The lowest BCUT2D eigenvalue weighted by Gasteiger charge is -2.03. The van der Waals surface area contributed by atoms with Crippen LogP contribution in [-0.2, 0) is 9.57 Å². The van der Waals surface area contributed by atoms with Gasteiger partial charge in [-0.3, -0.25) is 10.2 Å². The topological polar surface area (TPSA) is 59.9 Å². The van der Waals surface area contributed by atoms with Gasteiger partial charge in [-0.2, -0.15) is 0 Å². The largest absolute Gasteiger partial charge is 0.437 e. The molecule has 1 aliphatic rings. The van der Waals surface area contributed by atoms with Gasteiger partial charge in [0.05, 0.1) is 5.94 Å². The number of nitrogens with zero attached hydrogens (tertiary/aromatic N) is 1. The molecule has 1 heterocycles. The molecule has 0 radical (unpaired) electrons. The summed E-state index contributed by atoms with van der Waals surface area (Å²) in [5, 5.41) is 6.98. The number of para-hydroxylation sites is 1. The van der Waals surface area contributed by atoms with Gasteiger partial charge in [0.1, 0.15) is 11.1 Å². The van der Waals surface area contributed by atoms with E-state index in [9.17, 15) is 4.79 Å². The summed E-state index contributed by atoms with van der Waals surface area (Å²) >= 11 is 1.42. The third kappa shape index (κ3) is 3.47. The molecule has 2 rings (SSSR count). The Morgan fingerprint density at radius 1 is 1.53 bits per heavy atom. The van der Waals surface area contributed by atoms with Gasteiger partial charge in [-0.15, -0.1) is 0 Å². The van der Waals surface area contributed by atoms with E-state index in [1.165, 1.54) is 11.8 Å². The van der Waals surface area contributed by atoms with Crippen LogP contribution in [0.3, 0.4) is 0 Å². The predicted octanol–water partition coefficient (Wildman–Crippen LogP) is 2.66. The van der Waals surface area contributed by atoms with E-state index in [4.69, 9.17) is 9.57 Å². The molecular weight excluding hydrogens is 240 g/mol. The molecule has 0 aliphatic carbocycles. The van der Waals surface area contributed by atoms with Crippen molar-refractivity contribution < 1.29 is 14.4 Å². The Balaban J connectivity index is 1.86. The molecule has 0 bridgehead atoms. The number of rotatable bonds is 2. The minimum Gasteiger partial charge on any atom is -0.361 e. The van der Waals surface area contributed by atoms with Crippen molar-refractivity contribution in [2.45, 2.75) is 13.0 Å². The maximum absolute atomic E-state index is 11.4. The van der Waals surface area contributed by atoms with Crippen molar-refractivity contribution >= 4 is 28.6 Å². The highest BCUT2D eigenvalue weighted by Gasteiger charge is 2.20. The zero-order chi connectivity index (χ0) is 12.1. The maximum atomic E-state index is 11.4. The highest BCUT2D eigenvalue weighted by Crippen LogP contribution is 2.20. The molecule has 0 spiro atoms. The maximum Gasteiger partial charge on any atom is 0.437 e. The van der Waals surface area contributed by atoms with Crippen LogP contribution in [0.15, 0.2) is 35.5 Å². The lowest BCUT2D eigenvalue weighted by atomic mass is 10.3. The summed E-state index contributed by atoms with van der Waals surface area (Å²) < 4.78 is 5.24. The molecule has 1 atom stereocenters. The van der Waals surface area contributed by atoms with Gasteiger partial charge in [0.15, 0.2) is 0 Å². The van der Waals surface area contributed by atoms with Crippen molar-refractivity contribution in [3.05, 3.63) is 30.3 Å². The fourth-order valence-electron chi connectivity index (χ4n) is 1.23. The number of carbonyl (C=O) groups excluding carboxylic acids is 1. The van der Waals surface area contributed by atoms with E-state index < -0.39 is 6.09 Å². The first-order valence-electron chi connectivity index (χ1n) is 5.11. The second kappa shape index (κ2) is 5.70. The highest BCUT2D eigenvalue weighted by molar-refractivity contribution is 8.14. The lowest BCUT2D eigenvalue weighted by Crippen LogP contribution is -2.14. The molecule has 1 N–H and O–H groups in total. The first-order valence-corrected chi connectivity index (χ1v) is 6.09. The predicted molar refractivity (Wildman–Crippen MR) is 67.0 cm³/mol. The van der Waals surface area contributed by atoms with Crippen molar-refractivity contribution in [3.63, 3.8) is 0 Å². The number of hydrogen-bond acceptors (Lipinski definition) is 5. The Bertz CT molecular complexity index is 422. The summed E-state index contributed by atoms with van der Waals surface area (Å²) in [7, 11) is 0. The Morgan fingerprint density at radius 3 is 2.94 bits per heavy atom. The first-order chi connectivity index (χ1) is 8.25. The smallest absolute Gasteiger partial charge is 0.361 e. The average molecular weight is 252 g/mol. The zero-order valence-corrected chi connectivity index (χ0v) is 10.1. The number of oxime groups is 1. The molecule has 1 amide bonds. The van der Waals surface area contributed by atoms with Gasteiger partial charge in [-0.1, -0.05) is 35.1 Å². The number of amides is 1. The SMILES string of the molecule is CC1OCS/C1=N\OC(=O)Nc1ccccc1. The number of ether oxygens (including phenoxy) is 1. The Hall–Kier alpha value is -1.53. The van der Waals surface area contributed by atoms with Crippen molar-refractivity contribution in [1.82, 2.24) is 0 Å². The molecule has 1 aromatic rings. The molecule has 6 heteroatoms. The summed E-state index contributed by atoms with van der Waals surface area (Å²) in [6.45, 7) is 1.86. The molecule has 0 aromatic heterocycles. The first kappa shape index (κ1) is 11.9. The monoisotopic (exact) mass is 252 g/mol. The molecule has 1 aliphatic heterocycles. The Labute approximate surface area is 103 Å². The molecule has 17 heavy (non-hydrogen) atoms. The van der Waals surface area contributed by atoms with Gasteiger partial charge in [-0.05, 0) is 19.1 Å². The fraction of sp³-hybridized carbons (Fsp3) is 0.273. The molecule has 0 saturated carbocycles. The van der Waals surface area contributed by atoms with E-state index in [1.54, 1.807) is 12.1 Å². The van der Waals surface area contributed by atoms with Crippen molar-refractivity contribution in [2.24, 2.45) is 5.16 Å². The third-order valence-electron chi connectivity index (χ3n) is 2.11. The Morgan fingerprint density at radius 2 is 2.29 bits per heavy atom. The molecule has 5 nitrogen and oxygen atoms in total. The quantitative estimate of drug-likeness (QED) is 0.649. The van der Waals surface area contributed by atoms with Gasteiger partial charge in [-0.25, -0.2) is 4.79 Å². The van der Waals surface area contributed by atoms with Crippen LogP contribution in [0.25, 0.3) is 0 Å². The summed E-state index contributed by atoms with van der Waals surface area (Å²) in [6.07, 6.45) is -0.715. The zero-order valence-electron chi connectivity index (χ0n) is 9.25. The summed E-state index contributed by atoms with van der Waals surface area (Å²) in [4.78, 5) is 16.1.